The van der Waals surface area contributed by atoms with Crippen LogP contribution in [0.2, 0.25) is 0 Å². The van der Waals surface area contributed by atoms with Crippen molar-refractivity contribution >= 4 is 11.6 Å². The molecule has 2 rings (SSSR count). The van der Waals surface area contributed by atoms with Crippen molar-refractivity contribution in [1.29, 1.82) is 0 Å². The molecule has 22 heavy (non-hydrogen) atoms. The fraction of sp³-hybridized carbons (Fsp3) is 0.312. The average molecular weight is 300 g/mol. The van der Waals surface area contributed by atoms with E-state index in [0.29, 0.717) is 13.1 Å². The van der Waals surface area contributed by atoms with Gasteiger partial charge in [-0.05, 0) is 30.2 Å². The molecule has 0 saturated carbocycles. The van der Waals surface area contributed by atoms with Crippen molar-refractivity contribution in [3.05, 3.63) is 58.3 Å². The molecule has 2 heterocycles. The highest BCUT2D eigenvalue weighted by atomic mass is 16.2. The lowest BCUT2D eigenvalue weighted by Crippen LogP contribution is -2.33. The summed E-state index contributed by atoms with van der Waals surface area (Å²) in [5.41, 5.74) is 1.48. The van der Waals surface area contributed by atoms with Crippen LogP contribution < -0.4 is 16.2 Å². The number of carbonyl (C=O) groups excluding carboxylic acids is 1. The van der Waals surface area contributed by atoms with E-state index in [9.17, 15) is 9.59 Å². The van der Waals surface area contributed by atoms with Gasteiger partial charge in [0, 0.05) is 31.2 Å². The third-order valence-electron chi connectivity index (χ3n) is 3.20. The van der Waals surface area contributed by atoms with Crippen LogP contribution in [0.25, 0.3) is 0 Å². The molecule has 0 saturated heterocycles. The summed E-state index contributed by atoms with van der Waals surface area (Å²) in [5.74, 6) is -0.155. The van der Waals surface area contributed by atoms with E-state index in [0.717, 1.165) is 11.4 Å². The Morgan fingerprint density at radius 2 is 2.09 bits per heavy atom. The molecule has 6 heteroatoms. The van der Waals surface area contributed by atoms with Crippen LogP contribution in [0.15, 0.2) is 41.5 Å². The van der Waals surface area contributed by atoms with Crippen LogP contribution in [-0.2, 0) is 0 Å². The summed E-state index contributed by atoms with van der Waals surface area (Å²) >= 11 is 0. The van der Waals surface area contributed by atoms with E-state index in [4.69, 9.17) is 0 Å². The third-order valence-corrected chi connectivity index (χ3v) is 3.20. The molecular formula is C16H20N4O2. The van der Waals surface area contributed by atoms with Crippen molar-refractivity contribution in [3.63, 3.8) is 0 Å². The third kappa shape index (κ3) is 4.18. The summed E-state index contributed by atoms with van der Waals surface area (Å²) in [6.45, 7) is 4.93. The number of nitrogens with one attached hydrogen (secondary N) is 3. The number of aromatic amines is 1. The molecule has 6 nitrogen and oxygen atoms in total. The van der Waals surface area contributed by atoms with Gasteiger partial charge in [0.2, 0.25) is 0 Å². The van der Waals surface area contributed by atoms with Gasteiger partial charge in [-0.1, -0.05) is 13.8 Å². The highest BCUT2D eigenvalue weighted by molar-refractivity contribution is 5.93. The van der Waals surface area contributed by atoms with Gasteiger partial charge in [-0.25, -0.2) is 0 Å². The molecule has 0 bridgehead atoms. The van der Waals surface area contributed by atoms with E-state index >= 15 is 0 Å². The van der Waals surface area contributed by atoms with Crippen LogP contribution in [0, 0.1) is 0 Å². The van der Waals surface area contributed by atoms with Crippen molar-refractivity contribution in [3.8, 4) is 0 Å². The highest BCUT2D eigenvalue weighted by Crippen LogP contribution is 2.09. The van der Waals surface area contributed by atoms with Crippen LogP contribution in [0.1, 0.15) is 35.8 Å². The number of nitrogens with zero attached hydrogens (tertiary/aromatic N) is 1. The van der Waals surface area contributed by atoms with Crippen LogP contribution >= 0.6 is 0 Å². The Bertz CT molecular complexity index is 680. The molecule has 0 unspecified atom stereocenters. The zero-order valence-corrected chi connectivity index (χ0v) is 12.7. The Kier molecular flexibility index (Phi) is 5.30. The van der Waals surface area contributed by atoms with Gasteiger partial charge in [-0.3, -0.25) is 14.6 Å². The van der Waals surface area contributed by atoms with Gasteiger partial charge in [0.1, 0.15) is 5.56 Å². The van der Waals surface area contributed by atoms with Gasteiger partial charge in [-0.2, -0.15) is 0 Å². The first-order valence-electron chi connectivity index (χ1n) is 7.23. The Morgan fingerprint density at radius 1 is 1.27 bits per heavy atom. The topological polar surface area (TPSA) is 86.9 Å². The lowest BCUT2D eigenvalue weighted by atomic mass is 10.1. The summed E-state index contributed by atoms with van der Waals surface area (Å²) in [6, 6.07) is 7.06. The number of pyridine rings is 2. The van der Waals surface area contributed by atoms with Crippen LogP contribution in [0.5, 0.6) is 0 Å². The lowest BCUT2D eigenvalue weighted by Gasteiger charge is -2.09. The number of hydrogen-bond acceptors (Lipinski definition) is 4. The summed E-state index contributed by atoms with van der Waals surface area (Å²) in [5, 5.41) is 5.84. The lowest BCUT2D eigenvalue weighted by molar-refractivity contribution is 0.0953. The summed E-state index contributed by atoms with van der Waals surface area (Å²) in [4.78, 5) is 30.6. The number of anilines is 1. The number of H-pyrrole nitrogens is 1. The molecule has 0 aliphatic rings. The van der Waals surface area contributed by atoms with Gasteiger partial charge in [0.25, 0.3) is 11.5 Å². The Balaban J connectivity index is 1.86. The van der Waals surface area contributed by atoms with E-state index in [1.54, 1.807) is 24.5 Å². The van der Waals surface area contributed by atoms with Gasteiger partial charge in [0.05, 0.1) is 5.69 Å². The number of hydrogen-bond donors (Lipinski definition) is 3. The maximum atomic E-state index is 12.0. The van der Waals surface area contributed by atoms with Crippen molar-refractivity contribution in [1.82, 2.24) is 15.3 Å². The van der Waals surface area contributed by atoms with E-state index in [2.05, 4.69) is 20.6 Å². The summed E-state index contributed by atoms with van der Waals surface area (Å²) in [7, 11) is 0. The number of aromatic nitrogens is 2. The molecule has 2 aromatic rings. The fourth-order valence-electron chi connectivity index (χ4n) is 1.95. The molecular weight excluding hydrogens is 280 g/mol. The summed E-state index contributed by atoms with van der Waals surface area (Å²) in [6.07, 6.45) is 3.40. The number of carbonyl (C=O) groups is 1. The molecule has 2 aromatic heterocycles. The zero-order chi connectivity index (χ0) is 15.9. The minimum absolute atomic E-state index is 0.130. The van der Waals surface area contributed by atoms with Crippen molar-refractivity contribution in [2.45, 2.75) is 19.8 Å². The minimum Gasteiger partial charge on any atom is -0.382 e. The van der Waals surface area contributed by atoms with E-state index in [1.807, 2.05) is 26.0 Å². The number of rotatable bonds is 6. The predicted octanol–water partition coefficient (Wildman–Crippen LogP) is 1.74. The molecule has 1 amide bonds. The van der Waals surface area contributed by atoms with Crippen LogP contribution in [-0.4, -0.2) is 29.0 Å². The van der Waals surface area contributed by atoms with Crippen molar-refractivity contribution in [2.75, 3.05) is 18.4 Å². The van der Waals surface area contributed by atoms with Gasteiger partial charge < -0.3 is 15.6 Å². The molecule has 0 atom stereocenters. The highest BCUT2D eigenvalue weighted by Gasteiger charge is 2.11. The zero-order valence-electron chi connectivity index (χ0n) is 12.7. The average Bonchev–Trinajstić information content (AvgIpc) is 2.52. The quantitative estimate of drug-likeness (QED) is 0.709. The van der Waals surface area contributed by atoms with Gasteiger partial charge in [0.15, 0.2) is 0 Å². The van der Waals surface area contributed by atoms with Crippen molar-refractivity contribution in [2.24, 2.45) is 0 Å². The molecule has 0 radical (unpaired) electrons. The fourth-order valence-corrected chi connectivity index (χ4v) is 1.95. The van der Waals surface area contributed by atoms with E-state index in [-0.39, 0.29) is 22.9 Å². The second-order valence-corrected chi connectivity index (χ2v) is 5.24. The smallest absolute Gasteiger partial charge is 0.261 e. The van der Waals surface area contributed by atoms with Gasteiger partial charge in [-0.15, -0.1) is 0 Å². The SMILES string of the molecule is CC(C)c1ccc(C(=O)NCCNc2cccnc2)c(=O)[nH]1. The maximum absolute atomic E-state index is 12.0. The first-order valence-corrected chi connectivity index (χ1v) is 7.23. The Morgan fingerprint density at radius 3 is 2.73 bits per heavy atom. The molecule has 0 aliphatic heterocycles. The molecule has 116 valence electrons. The Labute approximate surface area is 129 Å². The van der Waals surface area contributed by atoms with E-state index in [1.165, 1.54) is 0 Å². The van der Waals surface area contributed by atoms with Crippen LogP contribution in [0.3, 0.4) is 0 Å². The van der Waals surface area contributed by atoms with Crippen molar-refractivity contribution < 1.29 is 4.79 Å². The largest absolute Gasteiger partial charge is 0.382 e. The predicted molar refractivity (Wildman–Crippen MR) is 86.2 cm³/mol. The molecule has 0 spiro atoms. The molecule has 3 N–H and O–H groups in total. The minimum atomic E-state index is -0.371. The normalized spacial score (nSPS) is 10.5. The molecule has 0 aromatic carbocycles. The van der Waals surface area contributed by atoms with E-state index < -0.39 is 0 Å². The molecule has 0 fully saturated rings. The monoisotopic (exact) mass is 300 g/mol. The standard InChI is InChI=1S/C16H20N4O2/c1-11(2)14-6-5-13(16(22)20-14)15(21)19-9-8-18-12-4-3-7-17-10-12/h3-7,10-11,18H,8-9H2,1-2H3,(H,19,21)(H,20,22). The Hall–Kier alpha value is -2.63. The number of amides is 1. The second kappa shape index (κ2) is 7.40. The first-order chi connectivity index (χ1) is 10.6. The van der Waals surface area contributed by atoms with Gasteiger partial charge >= 0.3 is 0 Å². The maximum Gasteiger partial charge on any atom is 0.261 e. The molecule has 0 aliphatic carbocycles. The summed E-state index contributed by atoms with van der Waals surface area (Å²) < 4.78 is 0. The second-order valence-electron chi connectivity index (χ2n) is 5.24. The van der Waals surface area contributed by atoms with Crippen LogP contribution in [0.4, 0.5) is 5.69 Å². The first kappa shape index (κ1) is 15.8.